The van der Waals surface area contributed by atoms with Crippen LogP contribution in [0.5, 0.6) is 11.5 Å². The second kappa shape index (κ2) is 6.11. The summed E-state index contributed by atoms with van der Waals surface area (Å²) >= 11 is 0. The molecule has 1 aliphatic rings. The number of aromatic amines is 2. The van der Waals surface area contributed by atoms with Crippen LogP contribution in [-0.4, -0.2) is 50.1 Å². The number of carbonyl (C=O) groups is 1. The highest BCUT2D eigenvalue weighted by atomic mass is 16.5. The lowest BCUT2D eigenvalue weighted by atomic mass is 9.95. The van der Waals surface area contributed by atoms with Crippen LogP contribution in [0.1, 0.15) is 22.8 Å². The summed E-state index contributed by atoms with van der Waals surface area (Å²) < 4.78 is 5.53. The van der Waals surface area contributed by atoms with Crippen LogP contribution in [0, 0.1) is 0 Å². The number of aromatic nitrogens is 2. The highest BCUT2D eigenvalue weighted by molar-refractivity contribution is 6.26. The van der Waals surface area contributed by atoms with Crippen molar-refractivity contribution in [2.24, 2.45) is 4.99 Å². The predicted octanol–water partition coefficient (Wildman–Crippen LogP) is 3.05. The first-order valence-corrected chi connectivity index (χ1v) is 8.96. The van der Waals surface area contributed by atoms with Gasteiger partial charge in [0.05, 0.1) is 11.3 Å². The Balaban J connectivity index is 1.91. The number of phenolic OH excluding ortho intramolecular Hbond substituents is 2. The molecule has 0 aliphatic carbocycles. The van der Waals surface area contributed by atoms with Gasteiger partial charge in [0, 0.05) is 52.4 Å². The first-order valence-electron chi connectivity index (χ1n) is 8.96. The second-order valence-electron chi connectivity index (χ2n) is 6.98. The van der Waals surface area contributed by atoms with Crippen molar-refractivity contribution in [1.29, 1.82) is 0 Å². The summed E-state index contributed by atoms with van der Waals surface area (Å²) in [5.74, 6) is -1.09. The number of aliphatic imine (C=N–C) groups is 1. The van der Waals surface area contributed by atoms with Crippen molar-refractivity contribution in [2.45, 2.75) is 12.1 Å². The van der Waals surface area contributed by atoms with Gasteiger partial charge in [-0.25, -0.2) is 4.79 Å². The van der Waals surface area contributed by atoms with E-state index < -0.39 is 18.1 Å². The van der Waals surface area contributed by atoms with Gasteiger partial charge in [0.25, 0.3) is 0 Å². The van der Waals surface area contributed by atoms with E-state index in [9.17, 15) is 20.1 Å². The molecule has 3 heterocycles. The molecule has 0 radical (unpaired) electrons. The van der Waals surface area contributed by atoms with Crippen LogP contribution in [0.15, 0.2) is 47.7 Å². The summed E-state index contributed by atoms with van der Waals surface area (Å²) in [6, 6.07) is 6.91. The topological polar surface area (TPSA) is 131 Å². The number of nitrogens with zero attached hydrogens (tertiary/aromatic N) is 1. The molecule has 0 saturated carbocycles. The number of carboxylic acid groups (broad SMARTS) is 1. The van der Waals surface area contributed by atoms with Gasteiger partial charge in [-0.2, -0.15) is 0 Å². The number of hydrogen-bond acceptors (Lipinski definition) is 5. The number of fused-ring (bicyclic) bond motifs is 1. The molecule has 8 nitrogen and oxygen atoms in total. The maximum atomic E-state index is 12.1. The quantitative estimate of drug-likeness (QED) is 0.366. The van der Waals surface area contributed by atoms with Crippen LogP contribution in [-0.2, 0) is 9.53 Å². The molecule has 0 amide bonds. The third kappa shape index (κ3) is 2.43. The molecule has 8 heteroatoms. The van der Waals surface area contributed by atoms with Crippen LogP contribution in [0.25, 0.3) is 21.8 Å². The minimum atomic E-state index is -1.22. The summed E-state index contributed by atoms with van der Waals surface area (Å²) in [4.78, 5) is 22.9. The smallest absolute Gasteiger partial charge is 0.331 e. The number of H-pyrrole nitrogens is 2. The number of benzene rings is 2. The summed E-state index contributed by atoms with van der Waals surface area (Å²) in [5.41, 5.74) is 3.42. The highest BCUT2D eigenvalue weighted by Gasteiger charge is 2.37. The van der Waals surface area contributed by atoms with Crippen molar-refractivity contribution >= 4 is 33.5 Å². The van der Waals surface area contributed by atoms with E-state index >= 15 is 0 Å². The van der Waals surface area contributed by atoms with Gasteiger partial charge in [0.1, 0.15) is 17.6 Å². The third-order valence-corrected chi connectivity index (χ3v) is 5.38. The Labute approximate surface area is 164 Å². The molecule has 2 atom stereocenters. The summed E-state index contributed by atoms with van der Waals surface area (Å²) in [7, 11) is 1.44. The molecular weight excluding hydrogens is 374 g/mol. The molecule has 146 valence electrons. The average molecular weight is 391 g/mol. The number of methoxy groups -OCH3 is 1. The van der Waals surface area contributed by atoms with Gasteiger partial charge >= 0.3 is 5.97 Å². The molecule has 0 saturated heterocycles. The van der Waals surface area contributed by atoms with E-state index in [1.54, 1.807) is 42.7 Å². The third-order valence-electron chi connectivity index (χ3n) is 5.38. The molecule has 0 fully saturated rings. The Morgan fingerprint density at radius 2 is 1.86 bits per heavy atom. The van der Waals surface area contributed by atoms with Gasteiger partial charge < -0.3 is 30.0 Å². The fraction of sp³-hybridized carbons (Fsp3) is 0.143. The zero-order valence-corrected chi connectivity index (χ0v) is 15.3. The van der Waals surface area contributed by atoms with Crippen LogP contribution < -0.4 is 0 Å². The molecule has 2 aromatic heterocycles. The Morgan fingerprint density at radius 1 is 1.10 bits per heavy atom. The predicted molar refractivity (Wildman–Crippen MR) is 107 cm³/mol. The van der Waals surface area contributed by atoms with Crippen molar-refractivity contribution < 1.29 is 24.9 Å². The minimum absolute atomic E-state index is 0.0208. The lowest BCUT2D eigenvalue weighted by Gasteiger charge is -2.18. The molecular formula is C21H17N3O5. The van der Waals surface area contributed by atoms with Crippen molar-refractivity contribution in [3.8, 4) is 11.5 Å². The van der Waals surface area contributed by atoms with Crippen LogP contribution in [0.2, 0.25) is 0 Å². The number of aromatic hydroxyl groups is 2. The van der Waals surface area contributed by atoms with E-state index in [1.165, 1.54) is 7.11 Å². The van der Waals surface area contributed by atoms with Gasteiger partial charge in [-0.1, -0.05) is 0 Å². The van der Waals surface area contributed by atoms with E-state index in [4.69, 9.17) is 4.74 Å². The average Bonchev–Trinajstić information content (AvgIpc) is 3.26. The molecule has 5 rings (SSSR count). The minimum Gasteiger partial charge on any atom is -0.508 e. The van der Waals surface area contributed by atoms with E-state index in [-0.39, 0.29) is 11.5 Å². The van der Waals surface area contributed by atoms with Crippen LogP contribution in [0.3, 0.4) is 0 Å². The van der Waals surface area contributed by atoms with E-state index in [0.717, 1.165) is 11.0 Å². The van der Waals surface area contributed by atoms with Crippen LogP contribution >= 0.6 is 0 Å². The number of nitrogens with one attached hydrogen (secondary N) is 2. The molecule has 4 aromatic rings. The number of phenols is 2. The van der Waals surface area contributed by atoms with Gasteiger partial charge in [-0.05, 0) is 30.3 Å². The summed E-state index contributed by atoms with van der Waals surface area (Å²) in [5, 5.41) is 31.9. The zero-order valence-electron chi connectivity index (χ0n) is 15.3. The molecule has 29 heavy (non-hydrogen) atoms. The summed E-state index contributed by atoms with van der Waals surface area (Å²) in [6.45, 7) is 0. The first kappa shape index (κ1) is 17.3. The van der Waals surface area contributed by atoms with Gasteiger partial charge in [0.2, 0.25) is 0 Å². The first-order chi connectivity index (χ1) is 14.0. The molecule has 5 N–H and O–H groups in total. The van der Waals surface area contributed by atoms with Gasteiger partial charge in [-0.15, -0.1) is 0 Å². The molecule has 1 aliphatic heterocycles. The maximum absolute atomic E-state index is 12.1. The van der Waals surface area contributed by atoms with Crippen LogP contribution in [0.4, 0.5) is 0 Å². The van der Waals surface area contributed by atoms with E-state index in [1.807, 2.05) is 0 Å². The standard InChI is InChI=1S/C21H17N3O5/c1-29-20-12-8-23-14-4-5-15(26)17(16(12)14)18(24-19(20)21(27)28)11-7-22-13-3-2-9(25)6-10(11)13/h2-8,19-20,22-23,25-26H,1H3,(H,27,28)/t19-,20+/m0/s1. The normalized spacial score (nSPS) is 18.7. The second-order valence-corrected chi connectivity index (χ2v) is 6.98. The highest BCUT2D eigenvalue weighted by Crippen LogP contribution is 2.41. The number of carboxylic acids is 1. The Hall–Kier alpha value is -3.78. The fourth-order valence-corrected chi connectivity index (χ4v) is 4.09. The van der Waals surface area contributed by atoms with Crippen molar-refractivity contribution in [3.05, 3.63) is 59.4 Å². The molecule has 0 bridgehead atoms. The summed E-state index contributed by atoms with van der Waals surface area (Å²) in [6.07, 6.45) is 2.55. The fourth-order valence-electron chi connectivity index (χ4n) is 4.09. The van der Waals surface area contributed by atoms with E-state index in [2.05, 4.69) is 15.0 Å². The number of rotatable bonds is 3. The monoisotopic (exact) mass is 391 g/mol. The van der Waals surface area contributed by atoms with Crippen molar-refractivity contribution in [1.82, 2.24) is 9.97 Å². The number of aliphatic carboxylic acids is 1. The lowest BCUT2D eigenvalue weighted by Crippen LogP contribution is -2.27. The number of ether oxygens (including phenoxy) is 1. The van der Waals surface area contributed by atoms with E-state index in [0.29, 0.717) is 33.2 Å². The number of hydrogen-bond donors (Lipinski definition) is 5. The maximum Gasteiger partial charge on any atom is 0.331 e. The van der Waals surface area contributed by atoms with Crippen molar-refractivity contribution in [3.63, 3.8) is 0 Å². The Bertz CT molecular complexity index is 1320. The lowest BCUT2D eigenvalue weighted by molar-refractivity contribution is -0.141. The molecule has 0 unspecified atom stereocenters. The SMILES string of the molecule is CO[C@@H]1c2c[nH]c3ccc(O)c(c23)C(c2c[nH]c3ccc(O)cc23)=N[C@@H]1C(=O)O. The Morgan fingerprint density at radius 3 is 2.62 bits per heavy atom. The van der Waals surface area contributed by atoms with Gasteiger partial charge in [-0.3, -0.25) is 4.99 Å². The Kier molecular flexibility index (Phi) is 3.65. The van der Waals surface area contributed by atoms with Crippen molar-refractivity contribution in [2.75, 3.05) is 7.11 Å². The molecule has 0 spiro atoms. The molecule has 2 aromatic carbocycles. The van der Waals surface area contributed by atoms with Gasteiger partial charge in [0.15, 0.2) is 6.04 Å². The largest absolute Gasteiger partial charge is 0.508 e. The zero-order chi connectivity index (χ0) is 20.3.